The second-order valence-electron chi connectivity index (χ2n) is 17.5. The summed E-state index contributed by atoms with van der Waals surface area (Å²) in [5.74, 6) is 6.27. The van der Waals surface area contributed by atoms with Gasteiger partial charge in [-0.1, -0.05) is 117 Å². The van der Waals surface area contributed by atoms with Crippen molar-refractivity contribution in [1.82, 2.24) is 74.8 Å². The van der Waals surface area contributed by atoms with Crippen molar-refractivity contribution >= 4 is 69.2 Å². The van der Waals surface area contributed by atoms with Crippen LogP contribution in [0.25, 0.3) is 0 Å². The van der Waals surface area contributed by atoms with Crippen LogP contribution in [-0.4, -0.2) is 128 Å². The van der Waals surface area contributed by atoms with E-state index in [9.17, 15) is 0 Å². The monoisotopic (exact) mass is 1210 g/mol. The lowest BCUT2D eigenvalue weighted by atomic mass is 10.2. The average Bonchev–Trinajstić information content (AvgIpc) is 2.26. The lowest BCUT2D eigenvalue weighted by molar-refractivity contribution is 0.719. The fourth-order valence-electron chi connectivity index (χ4n) is 8.99. The summed E-state index contributed by atoms with van der Waals surface area (Å²) in [7, 11) is 8.14. The second-order valence-corrected chi connectivity index (χ2v) is 17.5. The van der Waals surface area contributed by atoms with Gasteiger partial charge in [-0.3, -0.25) is 19.7 Å². The Kier molecular flexibility index (Phi) is 35.5. The van der Waals surface area contributed by atoms with Crippen LogP contribution in [0.4, 0.5) is 69.2 Å². The average molecular weight is 1210 g/mol. The third-order valence-corrected chi connectivity index (χ3v) is 13.4. The number of pyridine rings is 1. The summed E-state index contributed by atoms with van der Waals surface area (Å²) < 4.78 is 0. The van der Waals surface area contributed by atoms with E-state index in [-0.39, 0.29) is 24.7 Å². The van der Waals surface area contributed by atoms with Crippen molar-refractivity contribution in [3.05, 3.63) is 128 Å². The van der Waals surface area contributed by atoms with Gasteiger partial charge in [0.25, 0.3) is 0 Å². The van der Waals surface area contributed by atoms with E-state index < -0.39 is 0 Å². The van der Waals surface area contributed by atoms with E-state index in [4.69, 9.17) is 0 Å². The highest BCUT2D eigenvalue weighted by Gasteiger charge is 2.38. The van der Waals surface area contributed by atoms with Gasteiger partial charge in [0, 0.05) is 58.5 Å². The van der Waals surface area contributed by atoms with E-state index in [2.05, 4.69) is 155 Å². The van der Waals surface area contributed by atoms with Crippen molar-refractivity contribution in [2.45, 2.75) is 191 Å². The fourth-order valence-corrected chi connectivity index (χ4v) is 8.99. The Balaban J connectivity index is 0.000000544. The minimum absolute atomic E-state index is 0.145. The molecule has 0 saturated carbocycles. The largest absolute Gasteiger partial charge is 0.350 e. The Bertz CT molecular complexity index is 2760. The third-order valence-electron chi connectivity index (χ3n) is 13.4. The Morgan fingerprint density at radius 1 is 0.273 bits per heavy atom. The number of fused-ring (bicyclic) bond motifs is 4. The van der Waals surface area contributed by atoms with Crippen LogP contribution in [0.1, 0.15) is 161 Å². The third kappa shape index (κ3) is 17.6. The molecule has 4 aliphatic rings. The molecule has 0 radical (unpaired) electrons. The normalized spacial score (nSPS) is 15.3. The predicted molar refractivity (Wildman–Crippen MR) is 368 cm³/mol. The van der Waals surface area contributed by atoms with Gasteiger partial charge >= 0.3 is 0 Å². The highest BCUT2D eigenvalue weighted by Crippen LogP contribution is 2.44. The van der Waals surface area contributed by atoms with Crippen LogP contribution >= 0.6 is 0 Å². The lowest BCUT2D eigenvalue weighted by Crippen LogP contribution is -2.36. The minimum Gasteiger partial charge on any atom is -0.350 e. The van der Waals surface area contributed by atoms with Crippen LogP contribution in [0.5, 0.6) is 0 Å². The molecule has 0 aromatic carbocycles. The van der Waals surface area contributed by atoms with Crippen LogP contribution in [-0.2, 0) is 0 Å². The molecule has 88 heavy (non-hydrogen) atoms. The standard InChI is InChI=1S/C13H15N5.3C12H14N6.8C2H6/c1-9-5-4-6-15-12(9)18-10(2)17(3)11-7-14-8-16-13(11)18;1-8-10(4-13-6-15-8)18-9(2)17(3)11-5-14-7-16-12(11)18;1-8-4-13-6-15-11(8)18-9(2)17(3)10-5-14-7-16-12(10)18;1-8-11(15-5-4-14-8)18-9(2)17(3)10-6-13-7-16-12(10)18;8*1-2/h4-8,10H,1-3H3;3*4-7,9H,1-3H3;8*1-2H3. The number of rotatable bonds is 4. The number of hydrogen-bond acceptors (Lipinski definition) is 23. The van der Waals surface area contributed by atoms with Gasteiger partial charge in [-0.15, -0.1) is 0 Å². The van der Waals surface area contributed by atoms with Crippen LogP contribution in [0.15, 0.2) is 106 Å². The molecule has 480 valence electrons. The molecule has 4 atom stereocenters. The molecule has 4 unspecified atom stereocenters. The zero-order valence-corrected chi connectivity index (χ0v) is 58.4. The number of hydrogen-bond donors (Lipinski definition) is 0. The molecule has 23 heteroatoms. The molecule has 23 nitrogen and oxygen atoms in total. The van der Waals surface area contributed by atoms with Crippen molar-refractivity contribution < 1.29 is 0 Å². The summed E-state index contributed by atoms with van der Waals surface area (Å²) in [5, 5.41) is 0. The molecule has 0 spiro atoms. The summed E-state index contributed by atoms with van der Waals surface area (Å²) in [6, 6.07) is 4.01. The summed E-state index contributed by atoms with van der Waals surface area (Å²) in [4.78, 5) is 80.8. The molecule has 12 heterocycles. The highest BCUT2D eigenvalue weighted by atomic mass is 15.5. The molecular formula is C65H105N23. The molecular weight excluding hydrogens is 1100 g/mol. The predicted octanol–water partition coefficient (Wildman–Crippen LogP) is 14.9. The molecule has 12 rings (SSSR count). The van der Waals surface area contributed by atoms with Crippen LogP contribution in [0.2, 0.25) is 0 Å². The lowest BCUT2D eigenvalue weighted by Gasteiger charge is -2.27. The molecule has 0 fully saturated rings. The second kappa shape index (κ2) is 40.5. The van der Waals surface area contributed by atoms with E-state index >= 15 is 0 Å². The maximum atomic E-state index is 4.48. The summed E-state index contributed by atoms with van der Waals surface area (Å²) in [6.07, 6.45) is 26.2. The van der Waals surface area contributed by atoms with E-state index in [1.54, 1.807) is 50.4 Å². The van der Waals surface area contributed by atoms with Gasteiger partial charge < -0.3 is 24.5 Å². The topological polar surface area (TPSA) is 219 Å². The van der Waals surface area contributed by atoms with E-state index in [0.29, 0.717) is 0 Å². The highest BCUT2D eigenvalue weighted by molar-refractivity contribution is 5.82. The van der Waals surface area contributed by atoms with Gasteiger partial charge in [-0.05, 0) is 67.0 Å². The Morgan fingerprint density at radius 2 is 0.557 bits per heavy atom. The van der Waals surface area contributed by atoms with Crippen molar-refractivity contribution in [3.8, 4) is 0 Å². The van der Waals surface area contributed by atoms with Crippen LogP contribution < -0.4 is 39.2 Å². The minimum atomic E-state index is 0.145. The maximum Gasteiger partial charge on any atom is 0.163 e. The van der Waals surface area contributed by atoms with Crippen molar-refractivity contribution in [2.75, 3.05) is 67.4 Å². The van der Waals surface area contributed by atoms with E-state index in [1.807, 2.05) is 209 Å². The van der Waals surface area contributed by atoms with Crippen molar-refractivity contribution in [2.24, 2.45) is 0 Å². The zero-order valence-electron chi connectivity index (χ0n) is 58.4. The first-order valence-corrected chi connectivity index (χ1v) is 31.3. The number of nitrogens with zero attached hydrogens (tertiary/aromatic N) is 23. The first-order valence-electron chi connectivity index (χ1n) is 31.3. The van der Waals surface area contributed by atoms with E-state index in [0.717, 1.165) is 91.7 Å². The van der Waals surface area contributed by atoms with E-state index in [1.165, 1.54) is 0 Å². The van der Waals surface area contributed by atoms with Gasteiger partial charge in [0.15, 0.2) is 29.1 Å². The van der Waals surface area contributed by atoms with Gasteiger partial charge in [-0.25, -0.2) is 69.8 Å². The fraction of sp³-hybridized carbons (Fsp3) is 0.492. The van der Waals surface area contributed by atoms with Crippen molar-refractivity contribution in [3.63, 3.8) is 0 Å². The molecule has 0 N–H and O–H groups in total. The molecule has 8 aromatic rings. The maximum absolute atomic E-state index is 4.48. The Morgan fingerprint density at radius 3 is 0.909 bits per heavy atom. The molecule has 4 aliphatic heterocycles. The van der Waals surface area contributed by atoms with Gasteiger partial charge in [0.2, 0.25) is 0 Å². The SMILES string of the molecule is CC.CC.CC.CC.CC.CC.CC.CC.Cc1cccnc1N1c2ncncc2N(C)C1C.Cc1cncnc1N1c2ncncc2N(C)C1C.Cc1nccnc1N1c2ncncc2N(C)C1C.Cc1ncncc1N1c2ncncc2N(C)C1C. The molecule has 0 saturated heterocycles. The van der Waals surface area contributed by atoms with Gasteiger partial charge in [0.1, 0.15) is 97.0 Å². The Labute approximate surface area is 528 Å². The quantitative estimate of drug-likeness (QED) is 0.160. The van der Waals surface area contributed by atoms with Gasteiger partial charge in [0.05, 0.1) is 48.1 Å². The van der Waals surface area contributed by atoms with Crippen molar-refractivity contribution in [1.29, 1.82) is 0 Å². The first-order chi connectivity index (χ1) is 42.8. The number of aryl methyl sites for hydroxylation is 4. The molecule has 0 aliphatic carbocycles. The molecule has 8 aromatic heterocycles. The zero-order chi connectivity index (χ0) is 66.8. The summed E-state index contributed by atoms with van der Waals surface area (Å²) in [6.45, 7) is 48.5. The van der Waals surface area contributed by atoms with Gasteiger partial charge in [-0.2, -0.15) is 0 Å². The smallest absolute Gasteiger partial charge is 0.163 e. The summed E-state index contributed by atoms with van der Waals surface area (Å²) in [5.41, 5.74) is 9.07. The molecule has 0 bridgehead atoms. The number of aromatic nitrogens is 15. The Hall–Kier alpha value is -8.89. The van der Waals surface area contributed by atoms with Crippen LogP contribution in [0.3, 0.4) is 0 Å². The first kappa shape index (κ1) is 77.1. The van der Waals surface area contributed by atoms with Crippen LogP contribution in [0, 0.1) is 27.7 Å². The summed E-state index contributed by atoms with van der Waals surface area (Å²) >= 11 is 0. The number of anilines is 12. The molecule has 0 amide bonds.